The Hall–Kier alpha value is -2.45. The number of benzene rings is 2. The van der Waals surface area contributed by atoms with Gasteiger partial charge in [-0.2, -0.15) is 4.31 Å². The molecule has 0 atom stereocenters. The fourth-order valence-corrected chi connectivity index (χ4v) is 4.21. The molecule has 0 fully saturated rings. The van der Waals surface area contributed by atoms with E-state index in [1.54, 1.807) is 32.4 Å². The van der Waals surface area contributed by atoms with Gasteiger partial charge in [0.1, 0.15) is 23.9 Å². The van der Waals surface area contributed by atoms with Gasteiger partial charge >= 0.3 is 0 Å². The number of methoxy groups -OCH3 is 2. The molecule has 0 radical (unpaired) electrons. The van der Waals surface area contributed by atoms with Gasteiger partial charge < -0.3 is 19.5 Å². The van der Waals surface area contributed by atoms with Gasteiger partial charge in [-0.3, -0.25) is 0 Å². The first-order chi connectivity index (χ1) is 13.5. The topological polar surface area (TPSA) is 77.1 Å². The van der Waals surface area contributed by atoms with Crippen LogP contribution in [0.4, 0.5) is 5.69 Å². The van der Waals surface area contributed by atoms with Crippen LogP contribution in [0, 0.1) is 0 Å². The number of hydrogen-bond donors (Lipinski definition) is 1. The van der Waals surface area contributed by atoms with Crippen LogP contribution in [-0.2, 0) is 10.0 Å². The lowest BCUT2D eigenvalue weighted by atomic mass is 10.3. The van der Waals surface area contributed by atoms with Crippen molar-refractivity contribution in [2.45, 2.75) is 18.7 Å². The van der Waals surface area contributed by atoms with Crippen molar-refractivity contribution in [2.75, 3.05) is 45.8 Å². The van der Waals surface area contributed by atoms with E-state index in [4.69, 9.17) is 14.2 Å². The standard InChI is InChI=1S/C20H28N2O5S/c1-5-22(6-2)28(23,24)18-11-12-20(26-4)19(15-18)21-13-14-27-17-9-7-16(25-3)8-10-17/h7-12,15,21H,5-6,13-14H2,1-4H3. The van der Waals surface area contributed by atoms with Crippen LogP contribution >= 0.6 is 0 Å². The van der Waals surface area contributed by atoms with Crippen LogP contribution in [0.3, 0.4) is 0 Å². The zero-order chi connectivity index (χ0) is 20.6. The van der Waals surface area contributed by atoms with Crippen molar-refractivity contribution < 1.29 is 22.6 Å². The third-order valence-corrected chi connectivity index (χ3v) is 6.31. The van der Waals surface area contributed by atoms with Gasteiger partial charge in [-0.25, -0.2) is 8.42 Å². The van der Waals surface area contributed by atoms with Gasteiger partial charge in [0.05, 0.1) is 24.8 Å². The highest BCUT2D eigenvalue weighted by Crippen LogP contribution is 2.28. The van der Waals surface area contributed by atoms with Crippen LogP contribution in [0.25, 0.3) is 0 Å². The van der Waals surface area contributed by atoms with Gasteiger partial charge in [0, 0.05) is 19.6 Å². The Kier molecular flexibility index (Phi) is 7.95. The Morgan fingerprint density at radius 1 is 0.929 bits per heavy atom. The smallest absolute Gasteiger partial charge is 0.243 e. The molecule has 0 bridgehead atoms. The first-order valence-electron chi connectivity index (χ1n) is 9.15. The zero-order valence-corrected chi connectivity index (χ0v) is 17.6. The van der Waals surface area contributed by atoms with Crippen LogP contribution in [0.1, 0.15) is 13.8 Å². The lowest BCUT2D eigenvalue weighted by molar-refractivity contribution is 0.331. The Balaban J connectivity index is 2.05. The molecule has 2 rings (SSSR count). The van der Waals surface area contributed by atoms with Gasteiger partial charge in [-0.05, 0) is 42.5 Å². The molecule has 0 amide bonds. The van der Waals surface area contributed by atoms with Gasteiger partial charge in [0.25, 0.3) is 0 Å². The number of ether oxygens (including phenoxy) is 3. The molecule has 28 heavy (non-hydrogen) atoms. The van der Waals surface area contributed by atoms with E-state index < -0.39 is 10.0 Å². The molecule has 0 saturated heterocycles. The maximum atomic E-state index is 12.7. The second kappa shape index (κ2) is 10.2. The van der Waals surface area contributed by atoms with Gasteiger partial charge in [0.15, 0.2) is 0 Å². The fourth-order valence-electron chi connectivity index (χ4n) is 2.72. The van der Waals surface area contributed by atoms with E-state index in [1.807, 2.05) is 38.1 Å². The summed E-state index contributed by atoms with van der Waals surface area (Å²) in [5.74, 6) is 2.07. The largest absolute Gasteiger partial charge is 0.497 e. The molecule has 0 spiro atoms. The van der Waals surface area contributed by atoms with Crippen molar-refractivity contribution in [3.63, 3.8) is 0 Å². The Labute approximate surface area is 167 Å². The van der Waals surface area contributed by atoms with E-state index in [9.17, 15) is 8.42 Å². The molecule has 2 aromatic carbocycles. The van der Waals surface area contributed by atoms with Crippen LogP contribution in [0.5, 0.6) is 17.2 Å². The molecule has 8 heteroatoms. The number of sulfonamides is 1. The third kappa shape index (κ3) is 5.30. The summed E-state index contributed by atoms with van der Waals surface area (Å²) in [5.41, 5.74) is 0.606. The molecule has 0 aliphatic rings. The molecular formula is C20H28N2O5S. The summed E-state index contributed by atoms with van der Waals surface area (Å²) in [6.45, 7) is 5.37. The van der Waals surface area contributed by atoms with Crippen LogP contribution in [0.2, 0.25) is 0 Å². The summed E-state index contributed by atoms with van der Waals surface area (Å²) >= 11 is 0. The average molecular weight is 409 g/mol. The number of anilines is 1. The predicted octanol–water partition coefficient (Wildman–Crippen LogP) is 3.23. The number of rotatable bonds is 11. The quantitative estimate of drug-likeness (QED) is 0.575. The van der Waals surface area contributed by atoms with E-state index in [0.29, 0.717) is 37.7 Å². The molecule has 0 aliphatic heterocycles. The summed E-state index contributed by atoms with van der Waals surface area (Å²) < 4.78 is 43.0. The van der Waals surface area contributed by atoms with Crippen molar-refractivity contribution >= 4 is 15.7 Å². The summed E-state index contributed by atoms with van der Waals surface area (Å²) in [7, 11) is -0.373. The molecular weight excluding hydrogens is 380 g/mol. The number of nitrogens with zero attached hydrogens (tertiary/aromatic N) is 1. The Morgan fingerprint density at radius 3 is 2.14 bits per heavy atom. The average Bonchev–Trinajstić information content (AvgIpc) is 2.72. The molecule has 1 N–H and O–H groups in total. The fraction of sp³-hybridized carbons (Fsp3) is 0.400. The minimum Gasteiger partial charge on any atom is -0.497 e. The lowest BCUT2D eigenvalue weighted by Gasteiger charge is -2.20. The van der Waals surface area contributed by atoms with Crippen LogP contribution in [0.15, 0.2) is 47.4 Å². The van der Waals surface area contributed by atoms with Gasteiger partial charge in [-0.1, -0.05) is 13.8 Å². The number of nitrogens with one attached hydrogen (secondary N) is 1. The summed E-state index contributed by atoms with van der Waals surface area (Å²) in [5, 5.41) is 3.19. The van der Waals surface area contributed by atoms with E-state index in [1.165, 1.54) is 4.31 Å². The first-order valence-corrected chi connectivity index (χ1v) is 10.6. The maximum Gasteiger partial charge on any atom is 0.243 e. The molecule has 7 nitrogen and oxygen atoms in total. The van der Waals surface area contributed by atoms with Crippen molar-refractivity contribution in [3.8, 4) is 17.2 Å². The molecule has 154 valence electrons. The third-order valence-electron chi connectivity index (χ3n) is 4.26. The van der Waals surface area contributed by atoms with Crippen molar-refractivity contribution in [2.24, 2.45) is 0 Å². The van der Waals surface area contributed by atoms with Crippen molar-refractivity contribution in [1.29, 1.82) is 0 Å². The molecule has 0 saturated carbocycles. The second-order valence-corrected chi connectivity index (χ2v) is 7.84. The highest BCUT2D eigenvalue weighted by molar-refractivity contribution is 7.89. The zero-order valence-electron chi connectivity index (χ0n) is 16.8. The normalized spacial score (nSPS) is 11.3. The van der Waals surface area contributed by atoms with E-state index >= 15 is 0 Å². The summed E-state index contributed by atoms with van der Waals surface area (Å²) in [6, 6.07) is 12.1. The molecule has 0 heterocycles. The monoisotopic (exact) mass is 408 g/mol. The van der Waals surface area contributed by atoms with E-state index in [0.717, 1.165) is 11.5 Å². The maximum absolute atomic E-state index is 12.7. The van der Waals surface area contributed by atoms with E-state index in [2.05, 4.69) is 5.32 Å². The highest BCUT2D eigenvalue weighted by atomic mass is 32.2. The summed E-state index contributed by atoms with van der Waals surface area (Å²) in [4.78, 5) is 0.232. The van der Waals surface area contributed by atoms with Crippen LogP contribution < -0.4 is 19.5 Å². The molecule has 0 unspecified atom stereocenters. The van der Waals surface area contributed by atoms with Crippen molar-refractivity contribution in [3.05, 3.63) is 42.5 Å². The van der Waals surface area contributed by atoms with Gasteiger partial charge in [-0.15, -0.1) is 0 Å². The number of hydrogen-bond acceptors (Lipinski definition) is 6. The molecule has 2 aromatic rings. The lowest BCUT2D eigenvalue weighted by Crippen LogP contribution is -2.30. The SMILES string of the molecule is CCN(CC)S(=O)(=O)c1ccc(OC)c(NCCOc2ccc(OC)cc2)c1. The Morgan fingerprint density at radius 2 is 1.57 bits per heavy atom. The predicted molar refractivity (Wildman–Crippen MR) is 110 cm³/mol. The highest BCUT2D eigenvalue weighted by Gasteiger charge is 2.22. The van der Waals surface area contributed by atoms with Crippen LogP contribution in [-0.4, -0.2) is 53.2 Å². The molecule has 0 aliphatic carbocycles. The Bertz CT molecular complexity index is 849. The second-order valence-electron chi connectivity index (χ2n) is 5.90. The summed E-state index contributed by atoms with van der Waals surface area (Å²) in [6.07, 6.45) is 0. The molecule has 0 aromatic heterocycles. The first kappa shape index (κ1) is 21.8. The van der Waals surface area contributed by atoms with Gasteiger partial charge in [0.2, 0.25) is 10.0 Å². The van der Waals surface area contributed by atoms with E-state index in [-0.39, 0.29) is 4.90 Å². The van der Waals surface area contributed by atoms with Crippen molar-refractivity contribution in [1.82, 2.24) is 4.31 Å². The minimum atomic E-state index is -3.53. The minimum absolute atomic E-state index is 0.232.